The molecular weight excluding hydrogens is 479 g/mol. The summed E-state index contributed by atoms with van der Waals surface area (Å²) >= 11 is 13.8. The Balaban J connectivity index is 2.28. The Kier molecular flexibility index (Phi) is 4.52. The molecule has 3 nitrogen and oxygen atoms in total. The topological polar surface area (TPSA) is 34.9 Å². The second-order valence-electron chi connectivity index (χ2n) is 4.80. The van der Waals surface area contributed by atoms with Gasteiger partial charge in [0.05, 0.1) is 32.1 Å². The molecule has 0 saturated heterocycles. The van der Waals surface area contributed by atoms with Crippen LogP contribution in [0.4, 0.5) is 13.2 Å². The maximum Gasteiger partial charge on any atom is 0.417 e. The number of aromatic nitrogens is 2. The van der Waals surface area contributed by atoms with Gasteiger partial charge in [-0.15, -0.1) is 0 Å². The molecule has 0 aliphatic heterocycles. The number of hydrogen-bond acceptors (Lipinski definition) is 2. The van der Waals surface area contributed by atoms with Crippen LogP contribution < -0.4 is 0 Å². The van der Waals surface area contributed by atoms with Crippen molar-refractivity contribution in [3.63, 3.8) is 0 Å². The van der Waals surface area contributed by atoms with E-state index in [-0.39, 0.29) is 5.02 Å². The van der Waals surface area contributed by atoms with Crippen LogP contribution in [0, 0.1) is 3.70 Å². The number of hydrogen-bond donors (Lipinski definition) is 0. The summed E-state index contributed by atoms with van der Waals surface area (Å²) in [4.78, 5) is 12.7. The van der Waals surface area contributed by atoms with Gasteiger partial charge in [0.2, 0.25) is 0 Å². The molecule has 0 fully saturated rings. The molecule has 2 aromatic carbocycles. The highest BCUT2D eigenvalue weighted by atomic mass is 127. The van der Waals surface area contributed by atoms with Gasteiger partial charge in [0.25, 0.3) is 5.91 Å². The van der Waals surface area contributed by atoms with Crippen molar-refractivity contribution in [3.05, 3.63) is 61.3 Å². The molecule has 0 N–H and O–H groups in total. The predicted molar refractivity (Wildman–Crippen MR) is 93.6 cm³/mol. The first-order valence-corrected chi connectivity index (χ1v) is 8.28. The first-order valence-electron chi connectivity index (χ1n) is 6.45. The Bertz CT molecular complexity index is 969. The number of fused-ring (bicyclic) bond motifs is 1. The summed E-state index contributed by atoms with van der Waals surface area (Å²) < 4.78 is 41.0. The molecule has 0 bridgehead atoms. The van der Waals surface area contributed by atoms with E-state index >= 15 is 0 Å². The highest BCUT2D eigenvalue weighted by Crippen LogP contribution is 2.36. The number of rotatable bonds is 1. The monoisotopic (exact) mass is 484 g/mol. The molecule has 0 aliphatic carbocycles. The fourth-order valence-corrected chi connectivity index (χ4v) is 3.78. The van der Waals surface area contributed by atoms with Gasteiger partial charge in [-0.2, -0.15) is 23.0 Å². The summed E-state index contributed by atoms with van der Waals surface area (Å²) in [5.41, 5.74) is -1.45. The summed E-state index contributed by atoms with van der Waals surface area (Å²) in [7, 11) is 0. The van der Waals surface area contributed by atoms with Gasteiger partial charge >= 0.3 is 6.18 Å². The van der Waals surface area contributed by atoms with Crippen LogP contribution in [0.25, 0.3) is 10.9 Å². The number of halogens is 6. The van der Waals surface area contributed by atoms with E-state index in [2.05, 4.69) is 5.10 Å². The van der Waals surface area contributed by atoms with Gasteiger partial charge in [0.1, 0.15) is 3.70 Å². The van der Waals surface area contributed by atoms with Gasteiger partial charge in [0, 0.05) is 0 Å². The molecule has 0 atom stereocenters. The Morgan fingerprint density at radius 3 is 2.38 bits per heavy atom. The average molecular weight is 485 g/mol. The molecule has 9 heteroatoms. The zero-order valence-corrected chi connectivity index (χ0v) is 15.2. The minimum absolute atomic E-state index is 0.296. The average Bonchev–Trinajstić information content (AvgIpc) is 2.84. The lowest BCUT2D eigenvalue weighted by atomic mass is 10.1. The van der Waals surface area contributed by atoms with E-state index in [0.29, 0.717) is 19.6 Å². The van der Waals surface area contributed by atoms with E-state index in [1.807, 2.05) is 22.6 Å². The van der Waals surface area contributed by atoms with Crippen molar-refractivity contribution in [1.29, 1.82) is 0 Å². The maximum atomic E-state index is 13.2. The van der Waals surface area contributed by atoms with Crippen LogP contribution in [-0.4, -0.2) is 15.7 Å². The lowest BCUT2D eigenvalue weighted by Gasteiger charge is -2.13. The largest absolute Gasteiger partial charge is 0.417 e. The van der Waals surface area contributed by atoms with Gasteiger partial charge in [0.15, 0.2) is 0 Å². The van der Waals surface area contributed by atoms with Crippen molar-refractivity contribution in [2.45, 2.75) is 6.18 Å². The first-order chi connectivity index (χ1) is 11.2. The predicted octanol–water partition coefficient (Wildman–Crippen LogP) is 5.66. The highest BCUT2D eigenvalue weighted by molar-refractivity contribution is 14.1. The normalized spacial score (nSPS) is 11.9. The lowest BCUT2D eigenvalue weighted by Crippen LogP contribution is -2.20. The Labute approximate surface area is 157 Å². The lowest BCUT2D eigenvalue weighted by molar-refractivity contribution is -0.137. The molecule has 0 amide bonds. The first kappa shape index (κ1) is 17.5. The molecule has 0 spiro atoms. The van der Waals surface area contributed by atoms with Crippen LogP contribution >= 0.6 is 45.8 Å². The van der Waals surface area contributed by atoms with E-state index in [0.717, 1.165) is 16.8 Å². The van der Waals surface area contributed by atoms with E-state index in [1.165, 1.54) is 6.07 Å². The summed E-state index contributed by atoms with van der Waals surface area (Å²) in [6, 6.07) is 7.93. The van der Waals surface area contributed by atoms with Crippen LogP contribution in [0.2, 0.25) is 10.0 Å². The highest BCUT2D eigenvalue weighted by Gasteiger charge is 2.37. The second kappa shape index (κ2) is 6.20. The molecule has 0 saturated carbocycles. The standard InChI is InChI=1S/C15H6Cl2F3IN2O/c16-8-4-1-3-7(15(18,19)20)11(8)14(24)23-10-6-2-5-9(17)12(10)13(21)22-23/h1-6H. The third-order valence-corrected chi connectivity index (χ3v) is 4.72. The second-order valence-corrected chi connectivity index (χ2v) is 6.64. The number of carbonyl (C=O) groups excluding carboxylic acids is 1. The van der Waals surface area contributed by atoms with E-state index in [4.69, 9.17) is 23.2 Å². The Hall–Kier alpha value is -1.32. The van der Waals surface area contributed by atoms with Gasteiger partial charge in [-0.05, 0) is 46.9 Å². The minimum atomic E-state index is -4.72. The molecule has 24 heavy (non-hydrogen) atoms. The summed E-state index contributed by atoms with van der Waals surface area (Å²) in [6.45, 7) is 0. The molecule has 1 heterocycles. The minimum Gasteiger partial charge on any atom is -0.267 e. The molecule has 3 rings (SSSR count). The number of benzene rings is 2. The zero-order valence-electron chi connectivity index (χ0n) is 11.5. The van der Waals surface area contributed by atoms with E-state index < -0.39 is 23.2 Å². The van der Waals surface area contributed by atoms with Crippen LogP contribution in [0.5, 0.6) is 0 Å². The molecule has 1 aromatic heterocycles. The molecule has 124 valence electrons. The molecule has 3 aromatic rings. The number of nitrogens with zero attached hydrogens (tertiary/aromatic N) is 2. The Morgan fingerprint density at radius 2 is 1.71 bits per heavy atom. The Morgan fingerprint density at radius 1 is 1.08 bits per heavy atom. The summed E-state index contributed by atoms with van der Waals surface area (Å²) in [5, 5.41) is 4.59. The van der Waals surface area contributed by atoms with Crippen LogP contribution in [-0.2, 0) is 6.18 Å². The zero-order chi connectivity index (χ0) is 17.6. The quantitative estimate of drug-likeness (QED) is 0.418. The number of carbonyl (C=O) groups is 1. The van der Waals surface area contributed by atoms with Crippen LogP contribution in [0.15, 0.2) is 36.4 Å². The van der Waals surface area contributed by atoms with Gasteiger partial charge in [-0.25, -0.2) is 0 Å². The smallest absolute Gasteiger partial charge is 0.267 e. The molecule has 0 radical (unpaired) electrons. The van der Waals surface area contributed by atoms with Crippen molar-refractivity contribution < 1.29 is 18.0 Å². The molecule has 0 aliphatic rings. The van der Waals surface area contributed by atoms with E-state index in [9.17, 15) is 18.0 Å². The summed E-state index contributed by atoms with van der Waals surface area (Å²) in [6.07, 6.45) is -4.72. The van der Waals surface area contributed by atoms with Gasteiger partial charge < -0.3 is 0 Å². The SMILES string of the molecule is O=C(c1c(Cl)cccc1C(F)(F)F)n1nc(I)c2c(Cl)cccc21. The fourth-order valence-electron chi connectivity index (χ4n) is 2.32. The van der Waals surface area contributed by atoms with Crippen molar-refractivity contribution in [3.8, 4) is 0 Å². The van der Waals surface area contributed by atoms with E-state index in [1.54, 1.807) is 18.2 Å². The fraction of sp³-hybridized carbons (Fsp3) is 0.0667. The third-order valence-electron chi connectivity index (χ3n) is 3.34. The van der Waals surface area contributed by atoms with Gasteiger partial charge in [-0.3, -0.25) is 4.79 Å². The van der Waals surface area contributed by atoms with Crippen LogP contribution in [0.3, 0.4) is 0 Å². The number of alkyl halides is 3. The van der Waals surface area contributed by atoms with Crippen molar-refractivity contribution >= 4 is 62.6 Å². The van der Waals surface area contributed by atoms with Gasteiger partial charge in [-0.1, -0.05) is 35.3 Å². The van der Waals surface area contributed by atoms with Crippen molar-refractivity contribution in [2.24, 2.45) is 0 Å². The molecule has 0 unspecified atom stereocenters. The summed E-state index contributed by atoms with van der Waals surface area (Å²) in [5.74, 6) is -0.969. The van der Waals surface area contributed by atoms with Crippen molar-refractivity contribution in [2.75, 3.05) is 0 Å². The van der Waals surface area contributed by atoms with Crippen LogP contribution in [0.1, 0.15) is 15.9 Å². The third kappa shape index (κ3) is 2.89. The molecular formula is C15H6Cl2F3IN2O. The van der Waals surface area contributed by atoms with Crippen molar-refractivity contribution in [1.82, 2.24) is 9.78 Å². The maximum absolute atomic E-state index is 13.2.